The number of benzene rings is 2. The highest BCUT2D eigenvalue weighted by Crippen LogP contribution is 2.91. The van der Waals surface area contributed by atoms with E-state index in [9.17, 15) is 0 Å². The molecule has 1 heterocycles. The van der Waals surface area contributed by atoms with Gasteiger partial charge >= 0.3 is 0 Å². The Balaban J connectivity index is 1.31. The summed E-state index contributed by atoms with van der Waals surface area (Å²) in [6.45, 7) is 0. The molecule has 0 radical (unpaired) electrons. The van der Waals surface area contributed by atoms with Crippen LogP contribution in [0.25, 0.3) is 0 Å². The molecule has 27 heavy (non-hydrogen) atoms. The molecule has 1 saturated heterocycles. The van der Waals surface area contributed by atoms with Crippen molar-refractivity contribution in [2.24, 2.45) is 47.3 Å². The number of rotatable bonds is 2. The van der Waals surface area contributed by atoms with Crippen LogP contribution in [0.5, 0.6) is 0 Å². The van der Waals surface area contributed by atoms with E-state index >= 15 is 0 Å². The largest absolute Gasteiger partial charge is 0.141 e. The summed E-state index contributed by atoms with van der Waals surface area (Å²) in [5.41, 5.74) is 3.06. The monoisotopic (exact) mass is 388 g/mol. The lowest BCUT2D eigenvalue weighted by Gasteiger charge is -2.52. The first-order valence-corrected chi connectivity index (χ1v) is 12.6. The Morgan fingerprint density at radius 1 is 0.667 bits per heavy atom. The van der Waals surface area contributed by atoms with Crippen molar-refractivity contribution in [3.63, 3.8) is 0 Å². The van der Waals surface area contributed by atoms with Crippen LogP contribution in [0.4, 0.5) is 0 Å². The van der Waals surface area contributed by atoms with Gasteiger partial charge in [-0.05, 0) is 71.3 Å². The Labute approximate surface area is 169 Å². The van der Waals surface area contributed by atoms with E-state index in [-0.39, 0.29) is 4.75 Å². The van der Waals surface area contributed by atoms with Crippen LogP contribution in [0.1, 0.15) is 24.0 Å². The van der Waals surface area contributed by atoms with Crippen LogP contribution < -0.4 is 0 Å². The fourth-order valence-electron chi connectivity index (χ4n) is 9.18. The van der Waals surface area contributed by atoms with Crippen molar-refractivity contribution < 1.29 is 0 Å². The second-order valence-corrected chi connectivity index (χ2v) is 13.1. The fourth-order valence-corrected chi connectivity index (χ4v) is 14.3. The third-order valence-electron chi connectivity index (χ3n) is 9.61. The van der Waals surface area contributed by atoms with Gasteiger partial charge in [0.1, 0.15) is 0 Å². The molecular formula is C25H24S2. The van der Waals surface area contributed by atoms with E-state index < -0.39 is 0 Å². The normalized spacial score (nSPS) is 51.4. The van der Waals surface area contributed by atoms with Crippen LogP contribution in [0.2, 0.25) is 0 Å². The van der Waals surface area contributed by atoms with Gasteiger partial charge in [-0.3, -0.25) is 0 Å². The fraction of sp³-hybridized carbons (Fsp3) is 0.520. The van der Waals surface area contributed by atoms with Gasteiger partial charge in [0.15, 0.2) is 0 Å². The van der Waals surface area contributed by atoms with Crippen molar-refractivity contribution in [2.75, 3.05) is 5.75 Å². The molecule has 1 aliphatic heterocycles. The van der Waals surface area contributed by atoms with E-state index in [1.807, 2.05) is 0 Å². The van der Waals surface area contributed by atoms with E-state index in [0.717, 1.165) is 47.3 Å². The van der Waals surface area contributed by atoms with Crippen molar-refractivity contribution in [3.05, 3.63) is 71.8 Å². The molecule has 1 spiro atoms. The minimum absolute atomic E-state index is 0.145. The maximum atomic E-state index is 2.42. The standard InChI is InChI=1S/C25H24S2/c1-3-7-14(8-4-1)24(15-9-5-2-6-10-15)13-26-25(27-24)22-17-12-18-20-16(17)11-19(22)21(20)23(18)25/h1-10,16-23H,11-13H2. The highest BCUT2D eigenvalue weighted by molar-refractivity contribution is 8.22. The molecule has 8 rings (SSSR count). The van der Waals surface area contributed by atoms with E-state index in [2.05, 4.69) is 84.2 Å². The zero-order chi connectivity index (χ0) is 17.4. The molecule has 6 aliphatic rings. The van der Waals surface area contributed by atoms with Gasteiger partial charge in [-0.2, -0.15) is 0 Å². The molecule has 2 bridgehead atoms. The van der Waals surface area contributed by atoms with Crippen molar-refractivity contribution >= 4 is 23.5 Å². The van der Waals surface area contributed by atoms with E-state index in [0.29, 0.717) is 4.08 Å². The van der Waals surface area contributed by atoms with Gasteiger partial charge in [-0.15, -0.1) is 23.5 Å². The summed E-state index contributed by atoms with van der Waals surface area (Å²) in [6, 6.07) is 22.9. The quantitative estimate of drug-likeness (QED) is 0.630. The van der Waals surface area contributed by atoms with Gasteiger partial charge in [0.25, 0.3) is 0 Å². The van der Waals surface area contributed by atoms with E-state index in [1.165, 1.54) is 16.9 Å². The van der Waals surface area contributed by atoms with Gasteiger partial charge < -0.3 is 0 Å². The summed E-state index contributed by atoms with van der Waals surface area (Å²) in [6.07, 6.45) is 3.20. The van der Waals surface area contributed by atoms with Gasteiger partial charge in [-0.1, -0.05) is 60.7 Å². The van der Waals surface area contributed by atoms with Crippen molar-refractivity contribution in [3.8, 4) is 0 Å². The molecule has 9 atom stereocenters. The van der Waals surface area contributed by atoms with Gasteiger partial charge in [0.05, 0.1) is 8.83 Å². The van der Waals surface area contributed by atoms with Crippen LogP contribution in [-0.4, -0.2) is 9.83 Å². The lowest BCUT2D eigenvalue weighted by Crippen LogP contribution is -2.50. The Morgan fingerprint density at radius 3 is 2.00 bits per heavy atom. The minimum Gasteiger partial charge on any atom is -0.141 e. The molecule has 0 N–H and O–H groups in total. The summed E-state index contributed by atoms with van der Waals surface area (Å²) in [5, 5.41) is 0. The lowest BCUT2D eigenvalue weighted by molar-refractivity contribution is 0.0234. The molecule has 2 aromatic rings. The molecule has 0 amide bonds. The van der Waals surface area contributed by atoms with Crippen LogP contribution in [0.3, 0.4) is 0 Å². The molecule has 2 aromatic carbocycles. The van der Waals surface area contributed by atoms with Crippen molar-refractivity contribution in [2.45, 2.75) is 21.7 Å². The predicted octanol–water partition coefficient (Wildman–Crippen LogP) is 5.88. The van der Waals surface area contributed by atoms with Gasteiger partial charge in [-0.25, -0.2) is 0 Å². The molecule has 5 saturated carbocycles. The van der Waals surface area contributed by atoms with Crippen LogP contribution >= 0.6 is 23.5 Å². The molecule has 9 unspecified atom stereocenters. The molecule has 2 heteroatoms. The average molecular weight is 389 g/mol. The Hall–Kier alpha value is -0.860. The van der Waals surface area contributed by atoms with Gasteiger partial charge in [0.2, 0.25) is 0 Å². The average Bonchev–Trinajstić information content (AvgIpc) is 3.38. The highest BCUT2D eigenvalue weighted by atomic mass is 32.2. The molecule has 0 aromatic heterocycles. The second kappa shape index (κ2) is 4.65. The van der Waals surface area contributed by atoms with Gasteiger partial charge in [0, 0.05) is 5.75 Å². The maximum Gasteiger partial charge on any atom is 0.0761 e. The highest BCUT2D eigenvalue weighted by Gasteiger charge is 2.86. The third kappa shape index (κ3) is 1.46. The first-order valence-electron chi connectivity index (χ1n) is 10.8. The van der Waals surface area contributed by atoms with E-state index in [4.69, 9.17) is 0 Å². The first kappa shape index (κ1) is 15.0. The molecule has 6 fully saturated rings. The summed E-state index contributed by atoms with van der Waals surface area (Å²) < 4.78 is 0.670. The second-order valence-electron chi connectivity index (χ2n) is 10.0. The van der Waals surface area contributed by atoms with Crippen LogP contribution in [0.15, 0.2) is 60.7 Å². The van der Waals surface area contributed by atoms with Crippen LogP contribution in [-0.2, 0) is 4.75 Å². The molecular weight excluding hydrogens is 364 g/mol. The summed E-state index contributed by atoms with van der Waals surface area (Å²) >= 11 is 4.82. The van der Waals surface area contributed by atoms with Crippen molar-refractivity contribution in [1.82, 2.24) is 0 Å². The molecule has 0 nitrogen and oxygen atoms in total. The Bertz CT molecular complexity index is 894. The zero-order valence-electron chi connectivity index (χ0n) is 15.3. The topological polar surface area (TPSA) is 0 Å². The number of hydrogen-bond donors (Lipinski definition) is 0. The third-order valence-corrected chi connectivity index (χ3v) is 13.8. The summed E-state index contributed by atoms with van der Waals surface area (Å²) in [4.78, 5) is 0. The maximum absolute atomic E-state index is 2.42. The zero-order valence-corrected chi connectivity index (χ0v) is 17.0. The summed E-state index contributed by atoms with van der Waals surface area (Å²) in [5.74, 6) is 10.00. The van der Waals surface area contributed by atoms with Crippen LogP contribution in [0, 0.1) is 47.3 Å². The lowest BCUT2D eigenvalue weighted by atomic mass is 9.59. The van der Waals surface area contributed by atoms with E-state index in [1.54, 1.807) is 12.8 Å². The number of fused-ring (bicyclic) bond motifs is 4. The Kier molecular flexibility index (Phi) is 2.59. The number of hydrogen-bond acceptors (Lipinski definition) is 2. The molecule has 5 aliphatic carbocycles. The smallest absolute Gasteiger partial charge is 0.0761 e. The predicted molar refractivity (Wildman–Crippen MR) is 114 cm³/mol. The number of thioether (sulfide) groups is 2. The Morgan fingerprint density at radius 2 is 1.30 bits per heavy atom. The van der Waals surface area contributed by atoms with Crippen molar-refractivity contribution in [1.29, 1.82) is 0 Å². The summed E-state index contributed by atoms with van der Waals surface area (Å²) in [7, 11) is 0. The minimum atomic E-state index is 0.145. The molecule has 136 valence electrons. The first-order chi connectivity index (χ1) is 13.3. The SMILES string of the molecule is c1ccc(C2(c3ccccc3)CSC3(S2)C2C4CC5C6C4CC2C6C53)cc1.